The lowest BCUT2D eigenvalue weighted by molar-refractivity contribution is 0.0883. The van der Waals surface area contributed by atoms with Crippen LogP contribution in [-0.2, 0) is 7.05 Å². The van der Waals surface area contributed by atoms with Gasteiger partial charge in [0, 0.05) is 19.2 Å². The Morgan fingerprint density at radius 3 is 2.79 bits per heavy atom. The molecule has 0 aromatic carbocycles. The van der Waals surface area contributed by atoms with Gasteiger partial charge in [-0.1, -0.05) is 26.7 Å². The predicted octanol–water partition coefficient (Wildman–Crippen LogP) is 1.33. The summed E-state index contributed by atoms with van der Waals surface area (Å²) in [5.74, 6) is 0.916. The molecule has 1 aromatic heterocycles. The summed E-state index contributed by atoms with van der Waals surface area (Å²) >= 11 is 0. The number of carbonyl (C=O) groups excluding carboxylic acids is 1. The molecule has 1 aliphatic carbocycles. The molecule has 0 spiro atoms. The second kappa shape index (κ2) is 5.55. The number of amides is 1. The molecule has 104 valence electrons. The second-order valence-corrected chi connectivity index (χ2v) is 5.53. The number of aromatic nitrogens is 2. The van der Waals surface area contributed by atoms with Crippen molar-refractivity contribution in [2.45, 2.75) is 39.2 Å². The van der Waals surface area contributed by atoms with Crippen molar-refractivity contribution in [3.05, 3.63) is 28.2 Å². The maximum atomic E-state index is 12.1. The Balaban J connectivity index is 2.08. The van der Waals surface area contributed by atoms with Crippen molar-refractivity contribution >= 4 is 5.91 Å². The van der Waals surface area contributed by atoms with E-state index in [-0.39, 0.29) is 17.5 Å². The smallest absolute Gasteiger partial charge is 0.271 e. The number of hydrogen-bond acceptors (Lipinski definition) is 3. The van der Waals surface area contributed by atoms with E-state index in [0.29, 0.717) is 17.5 Å². The fourth-order valence-electron chi connectivity index (χ4n) is 2.65. The fourth-order valence-corrected chi connectivity index (χ4v) is 2.65. The van der Waals surface area contributed by atoms with Crippen LogP contribution < -0.4 is 10.9 Å². The van der Waals surface area contributed by atoms with Gasteiger partial charge in [-0.3, -0.25) is 9.59 Å². The SMILES string of the molecule is C[C@@H]1[C@H](C)CCC[C@H]1NC(=O)c1ccc(=O)n(C)n1. The van der Waals surface area contributed by atoms with Gasteiger partial charge in [0.25, 0.3) is 11.5 Å². The van der Waals surface area contributed by atoms with Crippen LogP contribution in [0.25, 0.3) is 0 Å². The van der Waals surface area contributed by atoms with Crippen molar-refractivity contribution in [2.24, 2.45) is 18.9 Å². The Kier molecular flexibility index (Phi) is 4.02. The summed E-state index contributed by atoms with van der Waals surface area (Å²) in [4.78, 5) is 23.4. The van der Waals surface area contributed by atoms with Crippen molar-refractivity contribution in [1.29, 1.82) is 0 Å². The Bertz CT molecular complexity index is 524. The molecule has 1 saturated carbocycles. The maximum absolute atomic E-state index is 12.1. The van der Waals surface area contributed by atoms with Gasteiger partial charge in [0.15, 0.2) is 0 Å². The minimum Gasteiger partial charge on any atom is -0.348 e. The van der Waals surface area contributed by atoms with Crippen LogP contribution in [0.15, 0.2) is 16.9 Å². The standard InChI is InChI=1S/C14H21N3O2/c1-9-5-4-6-11(10(9)2)15-14(19)12-7-8-13(18)17(3)16-12/h7-11H,4-6H2,1-3H3,(H,15,19)/t9-,10-,11-/m1/s1. The highest BCUT2D eigenvalue weighted by Gasteiger charge is 2.28. The molecule has 5 heteroatoms. The predicted molar refractivity (Wildman–Crippen MR) is 72.9 cm³/mol. The van der Waals surface area contributed by atoms with Gasteiger partial charge in [-0.2, -0.15) is 5.10 Å². The number of aryl methyl sites for hydroxylation is 1. The topological polar surface area (TPSA) is 64.0 Å². The first kappa shape index (κ1) is 13.8. The van der Waals surface area contributed by atoms with Crippen LogP contribution >= 0.6 is 0 Å². The molecule has 1 fully saturated rings. The zero-order valence-corrected chi connectivity index (χ0v) is 11.7. The first-order chi connectivity index (χ1) is 8.99. The molecule has 0 radical (unpaired) electrons. The van der Waals surface area contributed by atoms with Crippen LogP contribution in [-0.4, -0.2) is 21.7 Å². The van der Waals surface area contributed by atoms with Gasteiger partial charge in [-0.25, -0.2) is 4.68 Å². The number of rotatable bonds is 2. The lowest BCUT2D eigenvalue weighted by Crippen LogP contribution is -2.44. The van der Waals surface area contributed by atoms with Gasteiger partial charge < -0.3 is 5.32 Å². The average molecular weight is 263 g/mol. The van der Waals surface area contributed by atoms with Crippen molar-refractivity contribution in [2.75, 3.05) is 0 Å². The molecule has 1 N–H and O–H groups in total. The zero-order valence-electron chi connectivity index (χ0n) is 11.7. The van der Waals surface area contributed by atoms with Crippen molar-refractivity contribution in [3.63, 3.8) is 0 Å². The highest BCUT2D eigenvalue weighted by molar-refractivity contribution is 5.92. The number of nitrogens with zero attached hydrogens (tertiary/aromatic N) is 2. The fraction of sp³-hybridized carbons (Fsp3) is 0.643. The summed E-state index contributed by atoms with van der Waals surface area (Å²) < 4.78 is 1.18. The average Bonchev–Trinajstić information content (AvgIpc) is 2.38. The van der Waals surface area contributed by atoms with E-state index in [1.54, 1.807) is 7.05 Å². The maximum Gasteiger partial charge on any atom is 0.271 e. The largest absolute Gasteiger partial charge is 0.348 e. The summed E-state index contributed by atoms with van der Waals surface area (Å²) in [5, 5.41) is 7.02. The number of nitrogens with one attached hydrogen (secondary N) is 1. The Hall–Kier alpha value is -1.65. The van der Waals surface area contributed by atoms with Crippen LogP contribution in [0.4, 0.5) is 0 Å². The minimum absolute atomic E-state index is 0.193. The third-order valence-electron chi connectivity index (χ3n) is 4.22. The summed E-state index contributed by atoms with van der Waals surface area (Å²) in [6, 6.07) is 3.05. The molecular formula is C14H21N3O2. The lowest BCUT2D eigenvalue weighted by atomic mass is 9.78. The van der Waals surface area contributed by atoms with Crippen LogP contribution in [0.1, 0.15) is 43.6 Å². The Morgan fingerprint density at radius 1 is 1.37 bits per heavy atom. The van der Waals surface area contributed by atoms with E-state index in [2.05, 4.69) is 24.3 Å². The molecule has 1 amide bonds. The molecule has 2 rings (SSSR count). The molecule has 0 aliphatic heterocycles. The van der Waals surface area contributed by atoms with Crippen molar-refractivity contribution in [3.8, 4) is 0 Å². The van der Waals surface area contributed by atoms with E-state index in [1.165, 1.54) is 23.2 Å². The highest BCUT2D eigenvalue weighted by Crippen LogP contribution is 2.29. The molecular weight excluding hydrogens is 242 g/mol. The molecule has 5 nitrogen and oxygen atoms in total. The van der Waals surface area contributed by atoms with Gasteiger partial charge in [-0.15, -0.1) is 0 Å². The van der Waals surface area contributed by atoms with E-state index in [9.17, 15) is 9.59 Å². The van der Waals surface area contributed by atoms with Gasteiger partial charge >= 0.3 is 0 Å². The van der Waals surface area contributed by atoms with Crippen molar-refractivity contribution < 1.29 is 4.79 Å². The van der Waals surface area contributed by atoms with E-state index in [4.69, 9.17) is 0 Å². The van der Waals surface area contributed by atoms with E-state index in [1.807, 2.05) is 0 Å². The highest BCUT2D eigenvalue weighted by atomic mass is 16.2. The minimum atomic E-state index is -0.212. The summed E-state index contributed by atoms with van der Waals surface area (Å²) in [6.07, 6.45) is 3.39. The third-order valence-corrected chi connectivity index (χ3v) is 4.22. The van der Waals surface area contributed by atoms with Gasteiger partial charge in [0.1, 0.15) is 5.69 Å². The van der Waals surface area contributed by atoms with Gasteiger partial charge in [0.05, 0.1) is 0 Å². The van der Waals surface area contributed by atoms with Crippen LogP contribution in [0.2, 0.25) is 0 Å². The van der Waals surface area contributed by atoms with Crippen LogP contribution in [0.3, 0.4) is 0 Å². The Labute approximate surface area is 113 Å². The molecule has 1 heterocycles. The molecule has 0 unspecified atom stereocenters. The van der Waals surface area contributed by atoms with E-state index < -0.39 is 0 Å². The van der Waals surface area contributed by atoms with Gasteiger partial charge in [0.2, 0.25) is 0 Å². The second-order valence-electron chi connectivity index (χ2n) is 5.53. The molecule has 19 heavy (non-hydrogen) atoms. The summed E-state index contributed by atoms with van der Waals surface area (Å²) in [5.41, 5.74) is 0.0868. The summed E-state index contributed by atoms with van der Waals surface area (Å²) in [7, 11) is 1.55. The first-order valence-corrected chi connectivity index (χ1v) is 6.84. The van der Waals surface area contributed by atoms with Gasteiger partial charge in [-0.05, 0) is 24.3 Å². The van der Waals surface area contributed by atoms with Crippen LogP contribution in [0, 0.1) is 11.8 Å². The number of carbonyl (C=O) groups is 1. The zero-order chi connectivity index (χ0) is 14.0. The summed E-state index contributed by atoms with van der Waals surface area (Å²) in [6.45, 7) is 4.41. The first-order valence-electron chi connectivity index (χ1n) is 6.84. The van der Waals surface area contributed by atoms with E-state index >= 15 is 0 Å². The molecule has 3 atom stereocenters. The quantitative estimate of drug-likeness (QED) is 0.875. The lowest BCUT2D eigenvalue weighted by Gasteiger charge is -2.34. The molecule has 0 saturated heterocycles. The number of hydrogen-bond donors (Lipinski definition) is 1. The monoisotopic (exact) mass is 263 g/mol. The molecule has 0 bridgehead atoms. The Morgan fingerprint density at radius 2 is 2.11 bits per heavy atom. The van der Waals surface area contributed by atoms with Crippen molar-refractivity contribution in [1.82, 2.24) is 15.1 Å². The third kappa shape index (κ3) is 3.03. The normalized spacial score (nSPS) is 27.0. The molecule has 1 aromatic rings. The molecule has 1 aliphatic rings. The van der Waals surface area contributed by atoms with Crippen LogP contribution in [0.5, 0.6) is 0 Å². The van der Waals surface area contributed by atoms with E-state index in [0.717, 1.165) is 12.8 Å².